The molecule has 0 amide bonds. The molecule has 0 spiro atoms. The number of nitrogens with zero attached hydrogens (tertiary/aromatic N) is 1. The SMILES string of the molecule is Cc1ccc(S(=O)(=O)Nc2c([N+](=O)[O-])cc(Cl)c(Cl)c2Br)cc1. The second-order valence-electron chi connectivity index (χ2n) is 4.56. The van der Waals surface area contributed by atoms with Crippen LogP contribution in [0.3, 0.4) is 0 Å². The Balaban J connectivity index is 2.57. The van der Waals surface area contributed by atoms with Crippen molar-refractivity contribution >= 4 is 60.5 Å². The summed E-state index contributed by atoms with van der Waals surface area (Å²) in [5.74, 6) is 0. The summed E-state index contributed by atoms with van der Waals surface area (Å²) < 4.78 is 27.0. The first-order valence-electron chi connectivity index (χ1n) is 6.05. The summed E-state index contributed by atoms with van der Waals surface area (Å²) in [6.07, 6.45) is 0. The highest BCUT2D eigenvalue weighted by Crippen LogP contribution is 2.43. The van der Waals surface area contributed by atoms with Crippen LogP contribution in [0.5, 0.6) is 0 Å². The molecule has 0 aliphatic rings. The Morgan fingerprint density at radius 1 is 1.22 bits per heavy atom. The number of rotatable bonds is 4. The van der Waals surface area contributed by atoms with Crippen LogP contribution < -0.4 is 4.72 Å². The average Bonchev–Trinajstić information content (AvgIpc) is 2.47. The van der Waals surface area contributed by atoms with Gasteiger partial charge in [0.05, 0.1) is 24.3 Å². The normalized spacial score (nSPS) is 11.3. The van der Waals surface area contributed by atoms with Gasteiger partial charge in [0.25, 0.3) is 15.7 Å². The third kappa shape index (κ3) is 3.77. The van der Waals surface area contributed by atoms with Gasteiger partial charge < -0.3 is 0 Å². The zero-order chi connectivity index (χ0) is 17.4. The topological polar surface area (TPSA) is 89.3 Å². The number of sulfonamides is 1. The van der Waals surface area contributed by atoms with Crippen molar-refractivity contribution in [1.29, 1.82) is 0 Å². The van der Waals surface area contributed by atoms with E-state index < -0.39 is 20.6 Å². The van der Waals surface area contributed by atoms with Gasteiger partial charge in [0.2, 0.25) is 0 Å². The van der Waals surface area contributed by atoms with Crippen LogP contribution in [-0.4, -0.2) is 13.3 Å². The monoisotopic (exact) mass is 438 g/mol. The summed E-state index contributed by atoms with van der Waals surface area (Å²) in [6, 6.07) is 7.02. The molecule has 0 aliphatic carbocycles. The molecule has 0 aromatic heterocycles. The van der Waals surface area contributed by atoms with Gasteiger partial charge in [-0.25, -0.2) is 8.42 Å². The zero-order valence-corrected chi connectivity index (χ0v) is 15.4. The van der Waals surface area contributed by atoms with E-state index >= 15 is 0 Å². The highest BCUT2D eigenvalue weighted by molar-refractivity contribution is 9.10. The van der Waals surface area contributed by atoms with Crippen LogP contribution in [0, 0.1) is 17.0 Å². The van der Waals surface area contributed by atoms with E-state index in [0.29, 0.717) is 0 Å². The Morgan fingerprint density at radius 2 is 1.78 bits per heavy atom. The standard InChI is InChI=1S/C13H9BrCl2N2O4S/c1-7-2-4-8(5-3-7)23(21,22)17-13-10(18(19)20)6-9(15)12(16)11(13)14/h2-6,17H,1H3. The number of nitrogens with one attached hydrogen (secondary N) is 1. The predicted octanol–water partition coefficient (Wildman–Crippen LogP) is 4.77. The van der Waals surface area contributed by atoms with Crippen LogP contribution >= 0.6 is 39.1 Å². The van der Waals surface area contributed by atoms with Crippen LogP contribution in [0.4, 0.5) is 11.4 Å². The molecule has 10 heteroatoms. The van der Waals surface area contributed by atoms with Gasteiger partial charge in [-0.2, -0.15) is 0 Å². The average molecular weight is 440 g/mol. The smallest absolute Gasteiger partial charge is 0.272 e. The number of hydrogen-bond acceptors (Lipinski definition) is 4. The Morgan fingerprint density at radius 3 is 2.30 bits per heavy atom. The fourth-order valence-electron chi connectivity index (χ4n) is 1.73. The number of nitro groups is 1. The largest absolute Gasteiger partial charge is 0.296 e. The van der Waals surface area contributed by atoms with Crippen LogP contribution in [0.2, 0.25) is 10.0 Å². The van der Waals surface area contributed by atoms with E-state index in [-0.39, 0.29) is 25.1 Å². The summed E-state index contributed by atoms with van der Waals surface area (Å²) in [4.78, 5) is 10.4. The van der Waals surface area contributed by atoms with Crippen molar-refractivity contribution < 1.29 is 13.3 Å². The molecule has 0 heterocycles. The van der Waals surface area contributed by atoms with Crippen molar-refractivity contribution in [2.45, 2.75) is 11.8 Å². The van der Waals surface area contributed by atoms with Gasteiger partial charge in [0.1, 0.15) is 5.69 Å². The van der Waals surface area contributed by atoms with Crippen LogP contribution in [0.1, 0.15) is 5.56 Å². The lowest BCUT2D eigenvalue weighted by Gasteiger charge is -2.12. The zero-order valence-electron chi connectivity index (χ0n) is 11.5. The molecule has 2 aromatic rings. The molecule has 2 aromatic carbocycles. The van der Waals surface area contributed by atoms with E-state index in [9.17, 15) is 18.5 Å². The first-order valence-corrected chi connectivity index (χ1v) is 9.08. The van der Waals surface area contributed by atoms with E-state index in [0.717, 1.165) is 11.6 Å². The van der Waals surface area contributed by atoms with E-state index in [1.54, 1.807) is 12.1 Å². The molecule has 0 saturated carbocycles. The molecule has 23 heavy (non-hydrogen) atoms. The fourth-order valence-corrected chi connectivity index (χ4v) is 3.93. The number of halogens is 3. The quantitative estimate of drug-likeness (QED) is 0.422. The highest BCUT2D eigenvalue weighted by atomic mass is 79.9. The Bertz CT molecular complexity index is 886. The second-order valence-corrected chi connectivity index (χ2v) is 7.82. The molecule has 0 aliphatic heterocycles. The summed E-state index contributed by atoms with van der Waals surface area (Å²) in [6.45, 7) is 1.81. The summed E-state index contributed by atoms with van der Waals surface area (Å²) >= 11 is 14.8. The van der Waals surface area contributed by atoms with Gasteiger partial charge in [0, 0.05) is 6.07 Å². The molecule has 0 unspecified atom stereocenters. The molecular formula is C13H9BrCl2N2O4S. The summed E-state index contributed by atoms with van der Waals surface area (Å²) in [7, 11) is -4.02. The van der Waals surface area contributed by atoms with Gasteiger partial charge in [-0.05, 0) is 35.0 Å². The maximum absolute atomic E-state index is 12.4. The molecule has 0 atom stereocenters. The molecule has 0 fully saturated rings. The fraction of sp³-hybridized carbons (Fsp3) is 0.0769. The van der Waals surface area contributed by atoms with Gasteiger partial charge in [-0.1, -0.05) is 40.9 Å². The second kappa shape index (κ2) is 6.64. The van der Waals surface area contributed by atoms with Gasteiger partial charge >= 0.3 is 0 Å². The molecule has 0 bridgehead atoms. The third-order valence-electron chi connectivity index (χ3n) is 2.91. The molecule has 2 rings (SSSR count). The van der Waals surface area contributed by atoms with Gasteiger partial charge in [-0.15, -0.1) is 0 Å². The van der Waals surface area contributed by atoms with Crippen molar-refractivity contribution in [3.05, 3.63) is 60.5 Å². The van der Waals surface area contributed by atoms with Crippen molar-refractivity contribution in [2.75, 3.05) is 4.72 Å². The minimum absolute atomic E-state index is 0.00551. The van der Waals surface area contributed by atoms with E-state index in [4.69, 9.17) is 23.2 Å². The Hall–Kier alpha value is -1.35. The molecular weight excluding hydrogens is 431 g/mol. The Kier molecular flexibility index (Phi) is 5.20. The Labute approximate surface area is 150 Å². The summed E-state index contributed by atoms with van der Waals surface area (Å²) in [5.41, 5.74) is 0.0811. The first kappa shape index (κ1) is 18.0. The molecule has 6 nitrogen and oxygen atoms in total. The lowest BCUT2D eigenvalue weighted by molar-refractivity contribution is -0.383. The maximum Gasteiger partial charge on any atom is 0.296 e. The molecule has 122 valence electrons. The maximum atomic E-state index is 12.4. The molecule has 1 N–H and O–H groups in total. The molecule has 0 radical (unpaired) electrons. The third-order valence-corrected chi connectivity index (χ3v) is 6.08. The number of anilines is 1. The lowest BCUT2D eigenvalue weighted by Crippen LogP contribution is -2.14. The minimum Gasteiger partial charge on any atom is -0.272 e. The number of hydrogen-bond donors (Lipinski definition) is 1. The lowest BCUT2D eigenvalue weighted by atomic mass is 10.2. The number of benzene rings is 2. The van der Waals surface area contributed by atoms with Crippen LogP contribution in [0.15, 0.2) is 39.7 Å². The van der Waals surface area contributed by atoms with E-state index in [1.807, 2.05) is 6.92 Å². The predicted molar refractivity (Wildman–Crippen MR) is 92.8 cm³/mol. The van der Waals surface area contributed by atoms with Gasteiger partial charge in [0.15, 0.2) is 0 Å². The number of aryl methyl sites for hydroxylation is 1. The first-order chi connectivity index (χ1) is 10.6. The van der Waals surface area contributed by atoms with Crippen molar-refractivity contribution in [3.63, 3.8) is 0 Å². The van der Waals surface area contributed by atoms with Gasteiger partial charge in [-0.3, -0.25) is 14.8 Å². The van der Waals surface area contributed by atoms with E-state index in [2.05, 4.69) is 20.7 Å². The van der Waals surface area contributed by atoms with E-state index in [1.165, 1.54) is 12.1 Å². The minimum atomic E-state index is -4.02. The van der Waals surface area contributed by atoms with Crippen molar-refractivity contribution in [3.8, 4) is 0 Å². The highest BCUT2D eigenvalue weighted by Gasteiger charge is 2.26. The van der Waals surface area contributed by atoms with Crippen molar-refractivity contribution in [2.24, 2.45) is 0 Å². The van der Waals surface area contributed by atoms with Crippen LogP contribution in [-0.2, 0) is 10.0 Å². The number of nitro benzene ring substituents is 1. The van der Waals surface area contributed by atoms with Crippen LogP contribution in [0.25, 0.3) is 0 Å². The summed E-state index contributed by atoms with van der Waals surface area (Å²) in [5, 5.41) is 11.1. The molecule has 0 saturated heterocycles. The van der Waals surface area contributed by atoms with Crippen molar-refractivity contribution in [1.82, 2.24) is 0 Å².